The van der Waals surface area contributed by atoms with E-state index in [-0.39, 0.29) is 18.3 Å². The number of hydrogen-bond donors (Lipinski definition) is 1. The molecule has 0 aliphatic carbocycles. The van der Waals surface area contributed by atoms with Gasteiger partial charge in [0.2, 0.25) is 5.91 Å². The van der Waals surface area contributed by atoms with Crippen LogP contribution in [-0.4, -0.2) is 47.8 Å². The van der Waals surface area contributed by atoms with Gasteiger partial charge in [0.25, 0.3) is 0 Å². The third-order valence-corrected chi connectivity index (χ3v) is 4.01. The molecule has 132 valence electrons. The minimum Gasteiger partial charge on any atom is -0.492 e. The Hall–Kier alpha value is -1.57. The average Bonchev–Trinajstić information content (AvgIpc) is 2.96. The molecule has 6 nitrogen and oxygen atoms in total. The van der Waals surface area contributed by atoms with Crippen LogP contribution in [0.25, 0.3) is 0 Å². The number of amides is 1. The van der Waals surface area contributed by atoms with Crippen molar-refractivity contribution >= 4 is 34.2 Å². The Kier molecular flexibility index (Phi) is 8.24. The number of nitrogens with zero attached hydrogens (tertiary/aromatic N) is 3. The molecule has 1 aromatic heterocycles. The van der Waals surface area contributed by atoms with E-state index in [4.69, 9.17) is 4.74 Å². The van der Waals surface area contributed by atoms with Gasteiger partial charge in [-0.2, -0.15) is 5.10 Å². The van der Waals surface area contributed by atoms with E-state index < -0.39 is 6.04 Å². The summed E-state index contributed by atoms with van der Waals surface area (Å²) in [5.41, 5.74) is 0.848. The summed E-state index contributed by atoms with van der Waals surface area (Å²) in [6.45, 7) is 0.945. The van der Waals surface area contributed by atoms with Crippen LogP contribution in [0.15, 0.2) is 41.1 Å². The zero-order valence-electron chi connectivity index (χ0n) is 13.9. The second-order valence-electron chi connectivity index (χ2n) is 5.23. The molecule has 1 aromatic carbocycles. The van der Waals surface area contributed by atoms with Gasteiger partial charge in [-0.05, 0) is 31.3 Å². The van der Waals surface area contributed by atoms with Crippen molar-refractivity contribution in [2.24, 2.45) is 7.05 Å². The molecule has 0 aliphatic rings. The van der Waals surface area contributed by atoms with Gasteiger partial charge in [0.1, 0.15) is 18.4 Å². The Bertz CT molecular complexity index is 648. The molecule has 0 saturated carbocycles. The van der Waals surface area contributed by atoms with Crippen molar-refractivity contribution < 1.29 is 9.53 Å². The lowest BCUT2D eigenvalue weighted by molar-refractivity contribution is -0.132. The van der Waals surface area contributed by atoms with E-state index in [0.29, 0.717) is 13.2 Å². The van der Waals surface area contributed by atoms with Crippen LogP contribution in [0.4, 0.5) is 0 Å². The highest BCUT2D eigenvalue weighted by Crippen LogP contribution is 2.16. The molecular weight excluding hydrogens is 396 g/mol. The van der Waals surface area contributed by atoms with Crippen LogP contribution < -0.4 is 10.1 Å². The topological polar surface area (TPSA) is 59.4 Å². The van der Waals surface area contributed by atoms with Gasteiger partial charge in [0.05, 0.1) is 12.7 Å². The molecular formula is C16H22BrClN4O2. The van der Waals surface area contributed by atoms with Gasteiger partial charge < -0.3 is 15.0 Å². The third kappa shape index (κ3) is 5.51. The minimum atomic E-state index is -0.401. The highest BCUT2D eigenvalue weighted by molar-refractivity contribution is 9.10. The minimum absolute atomic E-state index is 0. The van der Waals surface area contributed by atoms with Crippen molar-refractivity contribution in [1.29, 1.82) is 0 Å². The van der Waals surface area contributed by atoms with E-state index in [2.05, 4.69) is 26.3 Å². The molecule has 0 saturated heterocycles. The van der Waals surface area contributed by atoms with Gasteiger partial charge >= 0.3 is 0 Å². The van der Waals surface area contributed by atoms with Gasteiger partial charge in [-0.1, -0.05) is 15.9 Å². The number of benzene rings is 1. The van der Waals surface area contributed by atoms with Gasteiger partial charge in [0, 0.05) is 30.3 Å². The Morgan fingerprint density at radius 3 is 2.62 bits per heavy atom. The SMILES string of the molecule is CNC(C(=O)N(C)CCOc1ccc(Br)cc1)c1cnn(C)c1.Cl. The van der Waals surface area contributed by atoms with Gasteiger partial charge in [-0.15, -0.1) is 12.4 Å². The highest BCUT2D eigenvalue weighted by atomic mass is 79.9. The van der Waals surface area contributed by atoms with Crippen molar-refractivity contribution in [3.8, 4) is 5.75 Å². The van der Waals surface area contributed by atoms with Gasteiger partial charge in [-0.3, -0.25) is 9.48 Å². The molecule has 0 spiro atoms. The van der Waals surface area contributed by atoms with Crippen LogP contribution in [0.2, 0.25) is 0 Å². The first-order chi connectivity index (χ1) is 11.0. The molecule has 1 N–H and O–H groups in total. The van der Waals surface area contributed by atoms with E-state index in [1.165, 1.54) is 0 Å². The molecule has 1 heterocycles. The predicted octanol–water partition coefficient (Wildman–Crippen LogP) is 2.40. The maximum absolute atomic E-state index is 12.5. The lowest BCUT2D eigenvalue weighted by Crippen LogP contribution is -2.39. The molecule has 1 amide bonds. The normalized spacial score (nSPS) is 11.5. The van der Waals surface area contributed by atoms with Crippen LogP contribution in [0, 0.1) is 0 Å². The zero-order valence-corrected chi connectivity index (χ0v) is 16.3. The highest BCUT2D eigenvalue weighted by Gasteiger charge is 2.23. The fourth-order valence-corrected chi connectivity index (χ4v) is 2.45. The molecule has 1 atom stereocenters. The second-order valence-corrected chi connectivity index (χ2v) is 6.15. The molecule has 1 unspecified atom stereocenters. The maximum atomic E-state index is 12.5. The number of aromatic nitrogens is 2. The summed E-state index contributed by atoms with van der Waals surface area (Å²) in [5.74, 6) is 0.770. The van der Waals surface area contributed by atoms with Crippen molar-refractivity contribution in [2.45, 2.75) is 6.04 Å². The first-order valence-electron chi connectivity index (χ1n) is 7.30. The van der Waals surface area contributed by atoms with E-state index in [1.54, 1.807) is 29.9 Å². The van der Waals surface area contributed by atoms with E-state index in [9.17, 15) is 4.79 Å². The Morgan fingerprint density at radius 2 is 2.08 bits per heavy atom. The molecule has 0 radical (unpaired) electrons. The van der Waals surface area contributed by atoms with Crippen LogP contribution in [-0.2, 0) is 11.8 Å². The summed E-state index contributed by atoms with van der Waals surface area (Å²) in [6, 6.07) is 7.21. The van der Waals surface area contributed by atoms with E-state index in [0.717, 1.165) is 15.8 Å². The smallest absolute Gasteiger partial charge is 0.244 e. The Labute approximate surface area is 156 Å². The molecule has 0 fully saturated rings. The summed E-state index contributed by atoms with van der Waals surface area (Å²) < 4.78 is 8.34. The summed E-state index contributed by atoms with van der Waals surface area (Å²) in [4.78, 5) is 14.2. The maximum Gasteiger partial charge on any atom is 0.244 e. The Balaban J connectivity index is 0.00000288. The number of aryl methyl sites for hydroxylation is 1. The number of carbonyl (C=O) groups excluding carboxylic acids is 1. The lowest BCUT2D eigenvalue weighted by Gasteiger charge is -2.23. The summed E-state index contributed by atoms with van der Waals surface area (Å²) in [5, 5.41) is 7.15. The largest absolute Gasteiger partial charge is 0.492 e. The number of carbonyl (C=O) groups is 1. The van der Waals surface area contributed by atoms with E-state index >= 15 is 0 Å². The van der Waals surface area contributed by atoms with Crippen molar-refractivity contribution in [3.63, 3.8) is 0 Å². The van der Waals surface area contributed by atoms with Crippen molar-refractivity contribution in [1.82, 2.24) is 20.0 Å². The fraction of sp³-hybridized carbons (Fsp3) is 0.375. The second kappa shape index (κ2) is 9.66. The average molecular weight is 418 g/mol. The van der Waals surface area contributed by atoms with Crippen LogP contribution >= 0.6 is 28.3 Å². The number of hydrogen-bond acceptors (Lipinski definition) is 4. The van der Waals surface area contributed by atoms with Crippen molar-refractivity contribution in [2.75, 3.05) is 27.2 Å². The fourth-order valence-electron chi connectivity index (χ4n) is 2.18. The number of rotatable bonds is 7. The van der Waals surface area contributed by atoms with Gasteiger partial charge in [0.15, 0.2) is 0 Å². The number of likely N-dealkylation sites (N-methyl/N-ethyl adjacent to an activating group) is 2. The third-order valence-electron chi connectivity index (χ3n) is 3.48. The number of nitrogens with one attached hydrogen (secondary N) is 1. The molecule has 24 heavy (non-hydrogen) atoms. The quantitative estimate of drug-likeness (QED) is 0.751. The summed E-state index contributed by atoms with van der Waals surface area (Å²) in [7, 11) is 5.37. The van der Waals surface area contributed by atoms with Crippen LogP contribution in [0.1, 0.15) is 11.6 Å². The molecule has 0 bridgehead atoms. The summed E-state index contributed by atoms with van der Waals surface area (Å²) >= 11 is 3.38. The number of ether oxygens (including phenoxy) is 1. The zero-order chi connectivity index (χ0) is 16.8. The molecule has 2 rings (SSSR count). The molecule has 0 aliphatic heterocycles. The lowest BCUT2D eigenvalue weighted by atomic mass is 10.1. The molecule has 2 aromatic rings. The van der Waals surface area contributed by atoms with E-state index in [1.807, 2.05) is 37.5 Å². The molecule has 8 heteroatoms. The summed E-state index contributed by atoms with van der Waals surface area (Å²) in [6.07, 6.45) is 3.54. The van der Waals surface area contributed by atoms with Gasteiger partial charge in [-0.25, -0.2) is 0 Å². The predicted molar refractivity (Wildman–Crippen MR) is 99.5 cm³/mol. The van der Waals surface area contributed by atoms with Crippen LogP contribution in [0.5, 0.6) is 5.75 Å². The first kappa shape index (κ1) is 20.5. The van der Waals surface area contributed by atoms with Crippen LogP contribution in [0.3, 0.4) is 0 Å². The first-order valence-corrected chi connectivity index (χ1v) is 8.09. The van der Waals surface area contributed by atoms with Crippen molar-refractivity contribution in [3.05, 3.63) is 46.7 Å². The number of halogens is 2. The monoisotopic (exact) mass is 416 g/mol. The standard InChI is InChI=1S/C16H21BrN4O2.ClH/c1-18-15(12-10-19-21(3)11-12)16(22)20(2)8-9-23-14-6-4-13(17)5-7-14;/h4-7,10-11,15,18H,8-9H2,1-3H3;1H. The Morgan fingerprint density at radius 1 is 1.42 bits per heavy atom.